The highest BCUT2D eigenvalue weighted by Gasteiger charge is 2.25. The third-order valence-electron chi connectivity index (χ3n) is 2.78. The van der Waals surface area contributed by atoms with Gasteiger partial charge in [-0.05, 0) is 25.0 Å². The molecule has 0 aromatic heterocycles. The molecule has 0 saturated heterocycles. The van der Waals surface area contributed by atoms with Crippen molar-refractivity contribution in [1.82, 2.24) is 0 Å². The van der Waals surface area contributed by atoms with E-state index in [4.69, 9.17) is 4.74 Å². The van der Waals surface area contributed by atoms with E-state index in [0.29, 0.717) is 13.0 Å². The normalized spacial score (nSPS) is 18.6. The first-order chi connectivity index (χ1) is 7.72. The maximum absolute atomic E-state index is 11.8. The van der Waals surface area contributed by atoms with Crippen LogP contribution in [0.2, 0.25) is 0 Å². The molecule has 0 bridgehead atoms. The third-order valence-corrected chi connectivity index (χ3v) is 2.78. The Morgan fingerprint density at radius 3 is 3.00 bits per heavy atom. The summed E-state index contributed by atoms with van der Waals surface area (Å²) in [6.45, 7) is 2.56. The van der Waals surface area contributed by atoms with Crippen LogP contribution in [0, 0.1) is 6.92 Å². The van der Waals surface area contributed by atoms with Crippen molar-refractivity contribution < 1.29 is 9.53 Å². The number of nitrogens with one attached hydrogen (secondary N) is 2. The van der Waals surface area contributed by atoms with E-state index in [1.54, 1.807) is 7.11 Å². The molecular formula is C12H16N2O2. The van der Waals surface area contributed by atoms with Gasteiger partial charge in [0.25, 0.3) is 0 Å². The van der Waals surface area contributed by atoms with Gasteiger partial charge in [0.05, 0.1) is 11.4 Å². The number of carbonyl (C=O) groups excluding carboxylic acids is 1. The van der Waals surface area contributed by atoms with Crippen molar-refractivity contribution in [2.75, 3.05) is 24.4 Å². The maximum Gasteiger partial charge on any atom is 0.247 e. The van der Waals surface area contributed by atoms with Crippen LogP contribution in [0.25, 0.3) is 0 Å². The van der Waals surface area contributed by atoms with Gasteiger partial charge in [-0.15, -0.1) is 0 Å². The molecule has 1 aliphatic rings. The highest BCUT2D eigenvalue weighted by atomic mass is 16.5. The monoisotopic (exact) mass is 220 g/mol. The summed E-state index contributed by atoms with van der Waals surface area (Å²) in [4.78, 5) is 11.8. The molecule has 0 spiro atoms. The predicted octanol–water partition coefficient (Wildman–Crippen LogP) is 1.76. The summed E-state index contributed by atoms with van der Waals surface area (Å²) < 4.78 is 4.98. The first-order valence-electron chi connectivity index (χ1n) is 5.38. The lowest BCUT2D eigenvalue weighted by atomic mass is 10.1. The Morgan fingerprint density at radius 1 is 1.44 bits per heavy atom. The van der Waals surface area contributed by atoms with Crippen LogP contribution < -0.4 is 10.6 Å². The van der Waals surface area contributed by atoms with Crippen molar-refractivity contribution in [3.8, 4) is 0 Å². The highest BCUT2D eigenvalue weighted by Crippen LogP contribution is 2.30. The van der Waals surface area contributed by atoms with Gasteiger partial charge in [0.15, 0.2) is 0 Å². The number of aryl methyl sites for hydroxylation is 1. The molecule has 1 amide bonds. The smallest absolute Gasteiger partial charge is 0.247 e. The lowest BCUT2D eigenvalue weighted by molar-refractivity contribution is -0.117. The van der Waals surface area contributed by atoms with Crippen LogP contribution in [0.5, 0.6) is 0 Å². The Morgan fingerprint density at radius 2 is 2.25 bits per heavy atom. The summed E-state index contributed by atoms with van der Waals surface area (Å²) in [6.07, 6.45) is 0.676. The fraction of sp³-hybridized carbons (Fsp3) is 0.417. The lowest BCUT2D eigenvalue weighted by Gasteiger charge is -2.27. The Hall–Kier alpha value is -1.55. The molecule has 1 aliphatic heterocycles. The van der Waals surface area contributed by atoms with Crippen molar-refractivity contribution in [1.29, 1.82) is 0 Å². The molecule has 0 radical (unpaired) electrons. The summed E-state index contributed by atoms with van der Waals surface area (Å²) >= 11 is 0. The maximum atomic E-state index is 11.8. The quantitative estimate of drug-likeness (QED) is 0.816. The molecule has 1 heterocycles. The van der Waals surface area contributed by atoms with E-state index in [2.05, 4.69) is 10.6 Å². The molecule has 1 unspecified atom stereocenters. The van der Waals surface area contributed by atoms with Gasteiger partial charge in [0, 0.05) is 13.7 Å². The van der Waals surface area contributed by atoms with Crippen LogP contribution in [0.3, 0.4) is 0 Å². The van der Waals surface area contributed by atoms with Crippen LogP contribution in [0.4, 0.5) is 11.4 Å². The standard InChI is InChI=1S/C12H16N2O2/c1-8-4-3-5-9-11(8)14-12(15)10(13-9)6-7-16-2/h3-5,10,13H,6-7H2,1-2H3,(H,14,15). The third kappa shape index (κ3) is 2.02. The number of para-hydroxylation sites is 1. The molecule has 86 valence electrons. The van der Waals surface area contributed by atoms with Crippen LogP contribution in [0.15, 0.2) is 18.2 Å². The second kappa shape index (κ2) is 4.53. The summed E-state index contributed by atoms with van der Waals surface area (Å²) in [7, 11) is 1.64. The predicted molar refractivity (Wildman–Crippen MR) is 63.7 cm³/mol. The Bertz CT molecular complexity index is 404. The number of hydrogen-bond donors (Lipinski definition) is 2. The van der Waals surface area contributed by atoms with Crippen molar-refractivity contribution >= 4 is 17.3 Å². The van der Waals surface area contributed by atoms with Gasteiger partial charge >= 0.3 is 0 Å². The molecule has 0 saturated carbocycles. The van der Waals surface area contributed by atoms with Crippen molar-refractivity contribution in [2.24, 2.45) is 0 Å². The first kappa shape index (κ1) is 11.0. The minimum Gasteiger partial charge on any atom is -0.385 e. The van der Waals surface area contributed by atoms with E-state index >= 15 is 0 Å². The summed E-state index contributed by atoms with van der Waals surface area (Å²) in [5.41, 5.74) is 2.95. The highest BCUT2D eigenvalue weighted by molar-refractivity contribution is 6.03. The number of anilines is 2. The number of hydrogen-bond acceptors (Lipinski definition) is 3. The molecule has 1 atom stereocenters. The summed E-state index contributed by atoms with van der Waals surface area (Å²) in [5, 5.41) is 6.16. The minimum atomic E-state index is -0.200. The van der Waals surface area contributed by atoms with Gasteiger partial charge in [-0.25, -0.2) is 0 Å². The lowest BCUT2D eigenvalue weighted by Crippen LogP contribution is -2.39. The largest absolute Gasteiger partial charge is 0.385 e. The minimum absolute atomic E-state index is 0.0128. The van der Waals surface area contributed by atoms with Gasteiger partial charge in [-0.2, -0.15) is 0 Å². The fourth-order valence-corrected chi connectivity index (χ4v) is 1.86. The van der Waals surface area contributed by atoms with Gasteiger partial charge in [0.1, 0.15) is 6.04 Å². The summed E-state index contributed by atoms with van der Waals surface area (Å²) in [6, 6.07) is 5.73. The number of methoxy groups -OCH3 is 1. The van der Waals surface area contributed by atoms with E-state index in [0.717, 1.165) is 16.9 Å². The number of rotatable bonds is 3. The Labute approximate surface area is 95.0 Å². The zero-order valence-electron chi connectivity index (χ0n) is 9.54. The van der Waals surface area contributed by atoms with Crippen molar-refractivity contribution in [3.63, 3.8) is 0 Å². The van der Waals surface area contributed by atoms with Crippen molar-refractivity contribution in [3.05, 3.63) is 23.8 Å². The molecule has 1 aromatic rings. The Balaban J connectivity index is 2.19. The van der Waals surface area contributed by atoms with Gasteiger partial charge < -0.3 is 15.4 Å². The average molecular weight is 220 g/mol. The van der Waals surface area contributed by atoms with E-state index in [9.17, 15) is 4.79 Å². The van der Waals surface area contributed by atoms with Crippen molar-refractivity contribution in [2.45, 2.75) is 19.4 Å². The molecule has 0 fully saturated rings. The molecular weight excluding hydrogens is 204 g/mol. The van der Waals surface area contributed by atoms with Gasteiger partial charge in [-0.1, -0.05) is 12.1 Å². The van der Waals surface area contributed by atoms with Gasteiger partial charge in [0.2, 0.25) is 5.91 Å². The van der Waals surface area contributed by atoms with Crippen LogP contribution in [-0.2, 0) is 9.53 Å². The number of carbonyl (C=O) groups is 1. The summed E-state index contributed by atoms with van der Waals surface area (Å²) in [5.74, 6) is 0.0128. The number of benzene rings is 1. The van der Waals surface area contributed by atoms with Crippen LogP contribution in [-0.4, -0.2) is 25.7 Å². The second-order valence-electron chi connectivity index (χ2n) is 3.97. The molecule has 4 heteroatoms. The average Bonchev–Trinajstić information content (AvgIpc) is 2.28. The second-order valence-corrected chi connectivity index (χ2v) is 3.97. The molecule has 16 heavy (non-hydrogen) atoms. The van der Waals surface area contributed by atoms with Crippen LogP contribution >= 0.6 is 0 Å². The van der Waals surface area contributed by atoms with E-state index in [1.165, 1.54) is 0 Å². The molecule has 0 aliphatic carbocycles. The Kier molecular flexibility index (Phi) is 3.10. The van der Waals surface area contributed by atoms with E-state index < -0.39 is 0 Å². The number of ether oxygens (including phenoxy) is 1. The van der Waals surface area contributed by atoms with Crippen LogP contribution in [0.1, 0.15) is 12.0 Å². The molecule has 4 nitrogen and oxygen atoms in total. The SMILES string of the molecule is COCCC1Nc2cccc(C)c2NC1=O. The van der Waals surface area contributed by atoms with Gasteiger partial charge in [-0.3, -0.25) is 4.79 Å². The fourth-order valence-electron chi connectivity index (χ4n) is 1.86. The molecule has 2 N–H and O–H groups in total. The van der Waals surface area contributed by atoms with E-state index in [1.807, 2.05) is 25.1 Å². The zero-order valence-corrected chi connectivity index (χ0v) is 9.54. The van der Waals surface area contributed by atoms with E-state index in [-0.39, 0.29) is 11.9 Å². The molecule has 1 aromatic carbocycles. The topological polar surface area (TPSA) is 50.4 Å². The molecule has 2 rings (SSSR count). The number of amides is 1. The zero-order chi connectivity index (χ0) is 11.5. The first-order valence-corrected chi connectivity index (χ1v) is 5.38. The number of fused-ring (bicyclic) bond motifs is 1.